The molecule has 0 aromatic carbocycles. The van der Waals surface area contributed by atoms with Crippen LogP contribution in [-0.2, 0) is 14.3 Å². The van der Waals surface area contributed by atoms with Gasteiger partial charge < -0.3 is 4.74 Å². The van der Waals surface area contributed by atoms with Crippen LogP contribution in [0.3, 0.4) is 0 Å². The molecule has 0 saturated heterocycles. The van der Waals surface area contributed by atoms with Gasteiger partial charge in [0.15, 0.2) is 0 Å². The molecule has 3 nitrogen and oxygen atoms in total. The van der Waals surface area contributed by atoms with Crippen LogP contribution < -0.4 is 0 Å². The summed E-state index contributed by atoms with van der Waals surface area (Å²) in [5.41, 5.74) is -0.459. The maximum absolute atomic E-state index is 14.2. The summed E-state index contributed by atoms with van der Waals surface area (Å²) in [5, 5.41) is 0. The number of halogens is 1. The van der Waals surface area contributed by atoms with Gasteiger partial charge in [0.05, 0.1) is 11.8 Å². The lowest BCUT2D eigenvalue weighted by Crippen LogP contribution is -2.52. The molecule has 4 bridgehead atoms. The lowest BCUT2D eigenvalue weighted by atomic mass is 9.49. The molecule has 1 unspecified atom stereocenters. The lowest BCUT2D eigenvalue weighted by molar-refractivity contribution is -0.204. The number of hydrogen-bond acceptors (Lipinski definition) is 3. The standard InChI is InChI=1S/C16H23FO3/c1-10(18)6-15(2,17)20-14(19)16-7-11-3-12(8-16)5-13(4-11)9-16/h11-13H,3-9H2,1-2H3. The topological polar surface area (TPSA) is 43.4 Å². The van der Waals surface area contributed by atoms with Gasteiger partial charge in [-0.05, 0) is 63.2 Å². The van der Waals surface area contributed by atoms with Gasteiger partial charge in [-0.15, -0.1) is 0 Å². The molecule has 20 heavy (non-hydrogen) atoms. The van der Waals surface area contributed by atoms with Crippen LogP contribution >= 0.6 is 0 Å². The Morgan fingerprint density at radius 2 is 1.60 bits per heavy atom. The average molecular weight is 282 g/mol. The van der Waals surface area contributed by atoms with Gasteiger partial charge in [-0.25, -0.2) is 0 Å². The van der Waals surface area contributed by atoms with Crippen molar-refractivity contribution in [2.75, 3.05) is 0 Å². The summed E-state index contributed by atoms with van der Waals surface area (Å²) in [5.74, 6) is -1.00. The second-order valence-corrected chi connectivity index (χ2v) is 7.57. The van der Waals surface area contributed by atoms with E-state index in [1.54, 1.807) is 0 Å². The van der Waals surface area contributed by atoms with E-state index in [1.807, 2.05) is 0 Å². The van der Waals surface area contributed by atoms with Crippen molar-refractivity contribution in [3.63, 3.8) is 0 Å². The van der Waals surface area contributed by atoms with Crippen LogP contribution in [-0.4, -0.2) is 17.6 Å². The highest BCUT2D eigenvalue weighted by Crippen LogP contribution is 2.60. The lowest BCUT2D eigenvalue weighted by Gasteiger charge is -2.55. The van der Waals surface area contributed by atoms with Crippen LogP contribution in [0.2, 0.25) is 0 Å². The molecule has 4 aliphatic carbocycles. The van der Waals surface area contributed by atoms with Crippen LogP contribution in [0.25, 0.3) is 0 Å². The molecule has 4 heteroatoms. The highest BCUT2D eigenvalue weighted by atomic mass is 19.2. The smallest absolute Gasteiger partial charge is 0.314 e. The summed E-state index contributed by atoms with van der Waals surface area (Å²) in [6, 6.07) is 0. The fourth-order valence-electron chi connectivity index (χ4n) is 5.14. The first-order valence-corrected chi connectivity index (χ1v) is 7.70. The molecule has 0 spiro atoms. The fraction of sp³-hybridized carbons (Fsp3) is 0.875. The Hall–Kier alpha value is -0.930. The summed E-state index contributed by atoms with van der Waals surface area (Å²) in [6.07, 6.45) is 5.90. The van der Waals surface area contributed by atoms with Gasteiger partial charge in [0.25, 0.3) is 5.85 Å². The average Bonchev–Trinajstić information content (AvgIpc) is 2.23. The van der Waals surface area contributed by atoms with Crippen molar-refractivity contribution in [2.45, 2.75) is 64.6 Å². The number of carbonyl (C=O) groups excluding carboxylic acids is 2. The van der Waals surface area contributed by atoms with Gasteiger partial charge >= 0.3 is 5.97 Å². The van der Waals surface area contributed by atoms with E-state index < -0.39 is 17.2 Å². The van der Waals surface area contributed by atoms with E-state index in [1.165, 1.54) is 33.1 Å². The Morgan fingerprint density at radius 3 is 2.00 bits per heavy atom. The van der Waals surface area contributed by atoms with Crippen LogP contribution in [0.5, 0.6) is 0 Å². The summed E-state index contributed by atoms with van der Waals surface area (Å²) in [7, 11) is 0. The number of Topliss-reactive ketones (excluding diaryl/α,β-unsaturated/α-hetero) is 1. The molecule has 0 amide bonds. The molecule has 0 radical (unpaired) electrons. The minimum absolute atomic E-state index is 0.298. The molecular formula is C16H23FO3. The quantitative estimate of drug-likeness (QED) is 0.742. The Bertz CT molecular complexity index is 406. The van der Waals surface area contributed by atoms with E-state index in [4.69, 9.17) is 4.74 Å². The highest BCUT2D eigenvalue weighted by molar-refractivity contribution is 5.80. The highest BCUT2D eigenvalue weighted by Gasteiger charge is 2.56. The number of hydrogen-bond donors (Lipinski definition) is 0. The van der Waals surface area contributed by atoms with Crippen LogP contribution in [0.15, 0.2) is 0 Å². The molecule has 0 N–H and O–H groups in total. The molecule has 112 valence electrons. The second kappa shape index (κ2) is 4.54. The molecule has 4 saturated carbocycles. The Labute approximate surface area is 119 Å². The van der Waals surface area contributed by atoms with Gasteiger partial charge in [0, 0.05) is 6.92 Å². The number of esters is 1. The third-order valence-corrected chi connectivity index (χ3v) is 5.34. The molecule has 4 fully saturated rings. The minimum Gasteiger partial charge on any atom is -0.428 e. The zero-order chi connectivity index (χ0) is 14.5. The summed E-state index contributed by atoms with van der Waals surface area (Å²) >= 11 is 0. The monoisotopic (exact) mass is 282 g/mol. The van der Waals surface area contributed by atoms with Crippen molar-refractivity contribution in [3.05, 3.63) is 0 Å². The predicted octanol–water partition coefficient (Wildman–Crippen LogP) is 3.41. The molecular weight excluding hydrogens is 259 g/mol. The zero-order valence-corrected chi connectivity index (χ0v) is 12.3. The number of ketones is 1. The molecule has 0 aromatic heterocycles. The number of ether oxygens (including phenoxy) is 1. The largest absolute Gasteiger partial charge is 0.428 e. The SMILES string of the molecule is CC(=O)CC(C)(F)OC(=O)C12CC3CC(CC(C3)C1)C2. The summed E-state index contributed by atoms with van der Waals surface area (Å²) < 4.78 is 19.3. The normalized spacial score (nSPS) is 41.2. The maximum Gasteiger partial charge on any atom is 0.314 e. The van der Waals surface area contributed by atoms with E-state index >= 15 is 0 Å². The third kappa shape index (κ3) is 2.49. The first kappa shape index (κ1) is 14.0. The molecule has 0 heterocycles. The molecule has 0 aliphatic heterocycles. The first-order valence-electron chi connectivity index (χ1n) is 7.70. The van der Waals surface area contributed by atoms with Crippen molar-refractivity contribution in [1.29, 1.82) is 0 Å². The Balaban J connectivity index is 1.72. The number of carbonyl (C=O) groups is 2. The fourth-order valence-corrected chi connectivity index (χ4v) is 5.14. The first-order chi connectivity index (χ1) is 9.28. The van der Waals surface area contributed by atoms with Crippen LogP contribution in [0.4, 0.5) is 4.39 Å². The van der Waals surface area contributed by atoms with Crippen LogP contribution in [0, 0.1) is 23.2 Å². The predicted molar refractivity (Wildman–Crippen MR) is 71.5 cm³/mol. The van der Waals surface area contributed by atoms with Gasteiger partial charge in [-0.1, -0.05) is 0 Å². The van der Waals surface area contributed by atoms with E-state index in [-0.39, 0.29) is 12.2 Å². The van der Waals surface area contributed by atoms with E-state index in [0.29, 0.717) is 17.8 Å². The van der Waals surface area contributed by atoms with Crippen molar-refractivity contribution in [3.8, 4) is 0 Å². The van der Waals surface area contributed by atoms with E-state index in [2.05, 4.69) is 0 Å². The zero-order valence-electron chi connectivity index (χ0n) is 12.3. The van der Waals surface area contributed by atoms with Crippen molar-refractivity contribution in [1.82, 2.24) is 0 Å². The molecule has 1 atom stereocenters. The molecule has 0 aromatic rings. The van der Waals surface area contributed by atoms with Crippen molar-refractivity contribution < 1.29 is 18.7 Å². The van der Waals surface area contributed by atoms with Crippen molar-refractivity contribution in [2.24, 2.45) is 23.2 Å². The second-order valence-electron chi connectivity index (χ2n) is 7.57. The van der Waals surface area contributed by atoms with Gasteiger partial charge in [-0.2, -0.15) is 4.39 Å². The van der Waals surface area contributed by atoms with Gasteiger partial charge in [0.2, 0.25) is 0 Å². The van der Waals surface area contributed by atoms with E-state index in [0.717, 1.165) is 19.3 Å². The Morgan fingerprint density at radius 1 is 1.15 bits per heavy atom. The number of rotatable bonds is 4. The molecule has 4 rings (SSSR count). The summed E-state index contributed by atoms with van der Waals surface area (Å²) in [6.45, 7) is 2.50. The van der Waals surface area contributed by atoms with E-state index in [9.17, 15) is 14.0 Å². The van der Waals surface area contributed by atoms with Gasteiger partial charge in [0.1, 0.15) is 5.78 Å². The van der Waals surface area contributed by atoms with Gasteiger partial charge in [-0.3, -0.25) is 9.59 Å². The Kier molecular flexibility index (Phi) is 3.18. The summed E-state index contributed by atoms with van der Waals surface area (Å²) in [4.78, 5) is 23.6. The number of alkyl halides is 1. The third-order valence-electron chi connectivity index (χ3n) is 5.34. The van der Waals surface area contributed by atoms with Crippen molar-refractivity contribution >= 4 is 11.8 Å². The molecule has 4 aliphatic rings. The van der Waals surface area contributed by atoms with Crippen LogP contribution in [0.1, 0.15) is 58.8 Å². The minimum atomic E-state index is -2.16. The maximum atomic E-state index is 14.2.